The van der Waals surface area contributed by atoms with Crippen molar-refractivity contribution in [1.29, 1.82) is 0 Å². The number of nitrogens with zero attached hydrogens (tertiary/aromatic N) is 1. The smallest absolute Gasteiger partial charge is 0.131 e. The van der Waals surface area contributed by atoms with Gasteiger partial charge in [0.25, 0.3) is 0 Å². The molecule has 0 aromatic heterocycles. The first-order valence-electron chi connectivity index (χ1n) is 8.19. The number of rotatable bonds is 3. The van der Waals surface area contributed by atoms with Crippen LogP contribution in [0.4, 0.5) is 5.69 Å². The van der Waals surface area contributed by atoms with Gasteiger partial charge in [0.1, 0.15) is 11.9 Å². The molecule has 2 aromatic rings. The number of hydrogen-bond acceptors (Lipinski definition) is 2. The first kappa shape index (κ1) is 13.0. The Labute approximate surface area is 126 Å². The molecule has 110 valence electrons. The van der Waals surface area contributed by atoms with Gasteiger partial charge in [0.15, 0.2) is 0 Å². The highest BCUT2D eigenvalue weighted by molar-refractivity contribution is 6.04. The van der Waals surface area contributed by atoms with Gasteiger partial charge in [-0.15, -0.1) is 0 Å². The van der Waals surface area contributed by atoms with Crippen LogP contribution >= 0.6 is 0 Å². The van der Waals surface area contributed by atoms with Crippen molar-refractivity contribution in [2.75, 3.05) is 4.90 Å². The molecule has 0 fully saturated rings. The molecule has 0 saturated heterocycles. The summed E-state index contributed by atoms with van der Waals surface area (Å²) in [5.74, 6) is 1.13. The minimum atomic E-state index is 0.308. The molecule has 2 aliphatic rings. The van der Waals surface area contributed by atoms with Gasteiger partial charge in [0, 0.05) is 41.0 Å². The summed E-state index contributed by atoms with van der Waals surface area (Å²) in [7, 11) is 0. The van der Waals surface area contributed by atoms with E-state index in [1.807, 2.05) is 0 Å². The molecule has 0 aliphatic carbocycles. The minimum Gasteiger partial charge on any atom is -0.489 e. The second-order valence-corrected chi connectivity index (χ2v) is 6.62. The Morgan fingerprint density at radius 1 is 1.33 bits per heavy atom. The van der Waals surface area contributed by atoms with Crippen LogP contribution in [0.25, 0.3) is 10.8 Å². The van der Waals surface area contributed by atoms with Crippen molar-refractivity contribution in [3.05, 3.63) is 35.4 Å². The van der Waals surface area contributed by atoms with Crippen molar-refractivity contribution in [2.24, 2.45) is 0 Å². The zero-order chi connectivity index (χ0) is 14.6. The van der Waals surface area contributed by atoms with E-state index in [4.69, 9.17) is 4.74 Å². The summed E-state index contributed by atoms with van der Waals surface area (Å²) in [6.45, 7) is 7.84. The highest BCUT2D eigenvalue weighted by Crippen LogP contribution is 2.47. The van der Waals surface area contributed by atoms with Crippen molar-refractivity contribution < 1.29 is 4.74 Å². The normalized spacial score (nSPS) is 20.7. The fourth-order valence-electron chi connectivity index (χ4n) is 4.00. The Bertz CT molecular complexity index is 706. The van der Waals surface area contributed by atoms with Crippen LogP contribution in [0, 0.1) is 0 Å². The van der Waals surface area contributed by atoms with Crippen LogP contribution in [0.3, 0.4) is 0 Å². The average molecular weight is 281 g/mol. The van der Waals surface area contributed by atoms with Crippen LogP contribution in [-0.2, 0) is 13.0 Å². The van der Waals surface area contributed by atoms with Gasteiger partial charge in [-0.2, -0.15) is 0 Å². The highest BCUT2D eigenvalue weighted by Gasteiger charge is 2.30. The quantitative estimate of drug-likeness (QED) is 0.810. The summed E-state index contributed by atoms with van der Waals surface area (Å²) in [5.41, 5.74) is 4.27. The van der Waals surface area contributed by atoms with E-state index in [0.717, 1.165) is 18.7 Å². The van der Waals surface area contributed by atoms with E-state index in [0.29, 0.717) is 12.1 Å². The third kappa shape index (κ3) is 1.85. The van der Waals surface area contributed by atoms with Crippen molar-refractivity contribution in [3.8, 4) is 5.75 Å². The fourth-order valence-corrected chi connectivity index (χ4v) is 4.00. The van der Waals surface area contributed by atoms with Crippen molar-refractivity contribution in [3.63, 3.8) is 0 Å². The summed E-state index contributed by atoms with van der Waals surface area (Å²) in [4.78, 5) is 2.59. The van der Waals surface area contributed by atoms with Crippen LogP contribution in [0.1, 0.15) is 44.7 Å². The van der Waals surface area contributed by atoms with Gasteiger partial charge >= 0.3 is 0 Å². The molecule has 0 saturated carbocycles. The van der Waals surface area contributed by atoms with E-state index in [-0.39, 0.29) is 0 Å². The van der Waals surface area contributed by atoms with Gasteiger partial charge < -0.3 is 9.64 Å². The number of fused-ring (bicyclic) bond motifs is 2. The molecule has 2 aromatic carbocycles. The van der Waals surface area contributed by atoms with Crippen molar-refractivity contribution in [2.45, 2.75) is 58.7 Å². The van der Waals surface area contributed by atoms with Crippen molar-refractivity contribution >= 4 is 16.5 Å². The lowest BCUT2D eigenvalue weighted by atomic mass is 10.0. The molecule has 4 rings (SSSR count). The van der Waals surface area contributed by atoms with Gasteiger partial charge in [-0.3, -0.25) is 0 Å². The third-order valence-corrected chi connectivity index (χ3v) is 4.97. The molecule has 0 bridgehead atoms. The van der Waals surface area contributed by atoms with Crippen LogP contribution in [-0.4, -0.2) is 12.1 Å². The van der Waals surface area contributed by atoms with E-state index in [9.17, 15) is 0 Å². The van der Waals surface area contributed by atoms with Crippen LogP contribution < -0.4 is 9.64 Å². The Morgan fingerprint density at radius 3 is 3.00 bits per heavy atom. The molecule has 2 atom stereocenters. The molecule has 2 nitrogen and oxygen atoms in total. The van der Waals surface area contributed by atoms with Crippen LogP contribution in [0.2, 0.25) is 0 Å². The Morgan fingerprint density at radius 2 is 2.19 bits per heavy atom. The molecular weight excluding hydrogens is 258 g/mol. The predicted molar refractivity (Wildman–Crippen MR) is 88.3 cm³/mol. The topological polar surface area (TPSA) is 12.5 Å². The van der Waals surface area contributed by atoms with E-state index in [2.05, 4.69) is 49.9 Å². The zero-order valence-corrected chi connectivity index (χ0v) is 13.1. The monoisotopic (exact) mass is 281 g/mol. The summed E-state index contributed by atoms with van der Waals surface area (Å²) < 4.78 is 6.08. The van der Waals surface area contributed by atoms with Gasteiger partial charge in [0.2, 0.25) is 0 Å². The SMILES string of the molecule is CCCC(C)N1Cc2cccc3c4c(cc1c23)CC(C)O4. The molecule has 2 heteroatoms. The first-order chi connectivity index (χ1) is 10.2. The predicted octanol–water partition coefficient (Wildman–Crippen LogP) is 4.67. The lowest BCUT2D eigenvalue weighted by Crippen LogP contribution is -2.29. The summed E-state index contributed by atoms with van der Waals surface area (Å²) in [5, 5.41) is 2.74. The lowest BCUT2D eigenvalue weighted by molar-refractivity contribution is 0.257. The van der Waals surface area contributed by atoms with Gasteiger partial charge in [0.05, 0.1) is 0 Å². The second kappa shape index (κ2) is 4.66. The van der Waals surface area contributed by atoms with E-state index < -0.39 is 0 Å². The van der Waals surface area contributed by atoms with E-state index in [1.54, 1.807) is 0 Å². The van der Waals surface area contributed by atoms with Crippen LogP contribution in [0.15, 0.2) is 24.3 Å². The largest absolute Gasteiger partial charge is 0.489 e. The Balaban J connectivity index is 1.90. The van der Waals surface area contributed by atoms with Crippen molar-refractivity contribution in [1.82, 2.24) is 0 Å². The standard InChI is InChI=1S/C19H23NO/c1-4-6-12(2)20-11-14-7-5-8-16-18(14)17(20)10-15-9-13(3)21-19(15)16/h5,7-8,10,12-13H,4,6,9,11H2,1-3H3. The number of hydrogen-bond donors (Lipinski definition) is 0. The summed E-state index contributed by atoms with van der Waals surface area (Å²) in [6, 6.07) is 9.68. The molecule has 0 radical (unpaired) electrons. The molecule has 2 aliphatic heterocycles. The minimum absolute atomic E-state index is 0.308. The van der Waals surface area contributed by atoms with Gasteiger partial charge in [-0.1, -0.05) is 31.5 Å². The number of ether oxygens (including phenoxy) is 1. The molecular formula is C19H23NO. The van der Waals surface area contributed by atoms with E-state index >= 15 is 0 Å². The Hall–Kier alpha value is -1.70. The fraction of sp³-hybridized carbons (Fsp3) is 0.474. The maximum Gasteiger partial charge on any atom is 0.131 e. The second-order valence-electron chi connectivity index (χ2n) is 6.62. The maximum atomic E-state index is 6.08. The Kier molecular flexibility index (Phi) is 2.88. The lowest BCUT2D eigenvalue weighted by Gasteiger charge is -2.27. The van der Waals surface area contributed by atoms with Gasteiger partial charge in [-0.05, 0) is 31.9 Å². The zero-order valence-electron chi connectivity index (χ0n) is 13.1. The molecule has 0 amide bonds. The van der Waals surface area contributed by atoms with Crippen LogP contribution in [0.5, 0.6) is 5.75 Å². The summed E-state index contributed by atoms with van der Waals surface area (Å²) >= 11 is 0. The number of anilines is 1. The van der Waals surface area contributed by atoms with Gasteiger partial charge in [-0.25, -0.2) is 0 Å². The highest BCUT2D eigenvalue weighted by atomic mass is 16.5. The van der Waals surface area contributed by atoms with E-state index in [1.165, 1.54) is 40.4 Å². The average Bonchev–Trinajstić information content (AvgIpc) is 3.01. The summed E-state index contributed by atoms with van der Waals surface area (Å²) in [6.07, 6.45) is 3.84. The maximum absolute atomic E-state index is 6.08. The first-order valence-corrected chi connectivity index (χ1v) is 8.19. The number of benzene rings is 2. The molecule has 2 unspecified atom stereocenters. The molecule has 0 N–H and O–H groups in total. The molecule has 0 spiro atoms. The third-order valence-electron chi connectivity index (χ3n) is 4.97. The molecule has 2 heterocycles. The molecule has 21 heavy (non-hydrogen) atoms.